The number of anilines is 2. The minimum absolute atomic E-state index is 0.654. The molecule has 7 heteroatoms. The fraction of sp³-hybridized carbons (Fsp3) is 0.0417. The van der Waals surface area contributed by atoms with Crippen LogP contribution in [0.1, 0.15) is 5.56 Å². The molecule has 0 fully saturated rings. The third-order valence-corrected chi connectivity index (χ3v) is 5.83. The number of pyridine rings is 1. The number of amidine groups is 1. The van der Waals surface area contributed by atoms with E-state index in [0.29, 0.717) is 10.7 Å². The zero-order valence-electron chi connectivity index (χ0n) is 16.9. The first kappa shape index (κ1) is 20.4. The van der Waals surface area contributed by atoms with Gasteiger partial charge in [0.05, 0.1) is 21.8 Å². The second kappa shape index (κ2) is 9.32. The van der Waals surface area contributed by atoms with Crippen LogP contribution in [0.4, 0.5) is 17.1 Å². The largest absolute Gasteiger partial charge is 0.340 e. The zero-order valence-corrected chi connectivity index (χ0v) is 17.8. The SMILES string of the molecule is C=Nc1ccccc1C(=NC)Nc1ccc(S(=O)Nc2cccc3cccnc23)cc1. The Kier molecular flexibility index (Phi) is 6.14. The van der Waals surface area contributed by atoms with Crippen LogP contribution in [0.5, 0.6) is 0 Å². The quantitative estimate of drug-likeness (QED) is 0.328. The summed E-state index contributed by atoms with van der Waals surface area (Å²) in [4.78, 5) is 13.4. The first-order valence-electron chi connectivity index (χ1n) is 9.62. The number of fused-ring (bicyclic) bond motifs is 1. The number of hydrogen-bond donors (Lipinski definition) is 2. The highest BCUT2D eigenvalue weighted by Crippen LogP contribution is 2.24. The minimum atomic E-state index is -1.43. The number of nitrogens with one attached hydrogen (secondary N) is 2. The summed E-state index contributed by atoms with van der Waals surface area (Å²) in [6.45, 7) is 3.62. The average Bonchev–Trinajstić information content (AvgIpc) is 2.83. The van der Waals surface area contributed by atoms with Crippen LogP contribution in [0.15, 0.2) is 99.9 Å². The van der Waals surface area contributed by atoms with Gasteiger partial charge < -0.3 is 5.32 Å². The molecule has 31 heavy (non-hydrogen) atoms. The van der Waals surface area contributed by atoms with Crippen molar-refractivity contribution in [2.75, 3.05) is 17.1 Å². The smallest absolute Gasteiger partial charge is 0.150 e. The van der Waals surface area contributed by atoms with Gasteiger partial charge in [-0.15, -0.1) is 0 Å². The second-order valence-corrected chi connectivity index (χ2v) is 7.86. The molecule has 0 saturated heterocycles. The van der Waals surface area contributed by atoms with E-state index < -0.39 is 11.0 Å². The van der Waals surface area contributed by atoms with Crippen LogP contribution in [0, 0.1) is 0 Å². The molecule has 0 bridgehead atoms. The maximum absolute atomic E-state index is 12.9. The van der Waals surface area contributed by atoms with Gasteiger partial charge in [-0.25, -0.2) is 4.21 Å². The van der Waals surface area contributed by atoms with Crippen molar-refractivity contribution in [3.05, 3.63) is 90.6 Å². The Labute approximate surface area is 183 Å². The van der Waals surface area contributed by atoms with E-state index in [1.165, 1.54) is 0 Å². The first-order chi connectivity index (χ1) is 15.2. The van der Waals surface area contributed by atoms with E-state index in [1.807, 2.05) is 78.9 Å². The van der Waals surface area contributed by atoms with Gasteiger partial charge in [0.15, 0.2) is 0 Å². The van der Waals surface area contributed by atoms with E-state index in [9.17, 15) is 4.21 Å². The molecule has 0 amide bonds. The number of hydrogen-bond acceptors (Lipinski definition) is 4. The van der Waals surface area contributed by atoms with Gasteiger partial charge >= 0.3 is 0 Å². The third-order valence-electron chi connectivity index (χ3n) is 4.72. The highest BCUT2D eigenvalue weighted by atomic mass is 32.2. The zero-order chi connectivity index (χ0) is 21.6. The van der Waals surface area contributed by atoms with Crippen molar-refractivity contribution >= 4 is 51.5 Å². The van der Waals surface area contributed by atoms with Crippen LogP contribution >= 0.6 is 0 Å². The molecule has 154 valence electrons. The summed E-state index contributed by atoms with van der Waals surface area (Å²) >= 11 is 0. The van der Waals surface area contributed by atoms with Crippen molar-refractivity contribution in [1.82, 2.24) is 4.98 Å². The molecule has 1 unspecified atom stereocenters. The lowest BCUT2D eigenvalue weighted by Crippen LogP contribution is -2.14. The van der Waals surface area contributed by atoms with E-state index >= 15 is 0 Å². The molecule has 0 aliphatic heterocycles. The van der Waals surface area contributed by atoms with Crippen LogP contribution in [0.25, 0.3) is 10.9 Å². The predicted octanol–water partition coefficient (Wildman–Crippen LogP) is 5.19. The van der Waals surface area contributed by atoms with Crippen LogP contribution < -0.4 is 10.0 Å². The lowest BCUT2D eigenvalue weighted by atomic mass is 10.1. The number of para-hydroxylation sites is 2. The molecule has 0 saturated carbocycles. The van der Waals surface area contributed by atoms with Crippen LogP contribution in [0.3, 0.4) is 0 Å². The molecule has 4 aromatic rings. The van der Waals surface area contributed by atoms with E-state index in [-0.39, 0.29) is 0 Å². The maximum atomic E-state index is 12.9. The molecular weight excluding hydrogens is 406 g/mol. The van der Waals surface area contributed by atoms with Gasteiger partial charge in [0.1, 0.15) is 16.8 Å². The Morgan fingerprint density at radius 3 is 2.52 bits per heavy atom. The lowest BCUT2D eigenvalue weighted by molar-refractivity contribution is 0.686. The number of benzene rings is 3. The van der Waals surface area contributed by atoms with Crippen molar-refractivity contribution in [2.24, 2.45) is 9.98 Å². The summed E-state index contributed by atoms with van der Waals surface area (Å²) in [6.07, 6.45) is 1.73. The predicted molar refractivity (Wildman–Crippen MR) is 130 cm³/mol. The molecule has 3 aromatic carbocycles. The van der Waals surface area contributed by atoms with E-state index in [0.717, 1.165) is 33.5 Å². The fourth-order valence-corrected chi connectivity index (χ4v) is 4.06. The molecule has 0 spiro atoms. The van der Waals surface area contributed by atoms with Crippen LogP contribution in [0.2, 0.25) is 0 Å². The normalized spacial score (nSPS) is 12.4. The maximum Gasteiger partial charge on any atom is 0.150 e. The number of nitrogens with zero attached hydrogens (tertiary/aromatic N) is 3. The first-order valence-corrected chi connectivity index (χ1v) is 10.8. The van der Waals surface area contributed by atoms with Gasteiger partial charge in [-0.3, -0.25) is 19.7 Å². The summed E-state index contributed by atoms with van der Waals surface area (Å²) in [5.74, 6) is 0.678. The van der Waals surface area contributed by atoms with Crippen molar-refractivity contribution < 1.29 is 4.21 Å². The second-order valence-electron chi connectivity index (χ2n) is 6.65. The van der Waals surface area contributed by atoms with Gasteiger partial charge in [-0.1, -0.05) is 30.3 Å². The van der Waals surface area contributed by atoms with Crippen molar-refractivity contribution in [2.45, 2.75) is 4.90 Å². The molecule has 0 radical (unpaired) electrons. The third kappa shape index (κ3) is 4.51. The average molecular weight is 428 g/mol. The molecule has 0 aliphatic carbocycles. The molecule has 4 rings (SSSR count). The lowest BCUT2D eigenvalue weighted by Gasteiger charge is -2.12. The molecule has 0 aliphatic rings. The molecule has 1 aromatic heterocycles. The van der Waals surface area contributed by atoms with Crippen molar-refractivity contribution in [3.63, 3.8) is 0 Å². The van der Waals surface area contributed by atoms with Crippen LogP contribution in [-0.2, 0) is 11.0 Å². The molecule has 6 nitrogen and oxygen atoms in total. The van der Waals surface area contributed by atoms with Crippen molar-refractivity contribution in [3.8, 4) is 0 Å². The molecule has 1 heterocycles. The van der Waals surface area contributed by atoms with Crippen molar-refractivity contribution in [1.29, 1.82) is 0 Å². The Morgan fingerprint density at radius 1 is 0.968 bits per heavy atom. The number of aliphatic imine (C=N–C) groups is 2. The summed E-state index contributed by atoms with van der Waals surface area (Å²) < 4.78 is 15.9. The van der Waals surface area contributed by atoms with E-state index in [1.54, 1.807) is 13.2 Å². The van der Waals surface area contributed by atoms with Gasteiger partial charge in [-0.05, 0) is 55.2 Å². The highest BCUT2D eigenvalue weighted by Gasteiger charge is 2.10. The Balaban J connectivity index is 1.51. The molecule has 1 atom stereocenters. The topological polar surface area (TPSA) is 78.7 Å². The van der Waals surface area contributed by atoms with Gasteiger partial charge in [0.2, 0.25) is 0 Å². The highest BCUT2D eigenvalue weighted by molar-refractivity contribution is 7.86. The number of aromatic nitrogens is 1. The molecule has 2 N–H and O–H groups in total. The summed E-state index contributed by atoms with van der Waals surface area (Å²) in [5.41, 5.74) is 3.95. The van der Waals surface area contributed by atoms with Gasteiger partial charge in [-0.2, -0.15) is 0 Å². The van der Waals surface area contributed by atoms with Gasteiger partial charge in [0.25, 0.3) is 0 Å². The molecular formula is C24H21N5OS. The fourth-order valence-electron chi connectivity index (χ4n) is 3.20. The summed E-state index contributed by atoms with van der Waals surface area (Å²) in [6, 6.07) is 24.6. The number of rotatable bonds is 6. The Bertz CT molecular complexity index is 1280. The monoisotopic (exact) mass is 427 g/mol. The van der Waals surface area contributed by atoms with Crippen LogP contribution in [-0.4, -0.2) is 28.8 Å². The van der Waals surface area contributed by atoms with E-state index in [2.05, 4.69) is 31.7 Å². The Hall–Kier alpha value is -3.84. The summed E-state index contributed by atoms with van der Waals surface area (Å²) in [7, 11) is 0.291. The van der Waals surface area contributed by atoms with Gasteiger partial charge in [0, 0.05) is 29.9 Å². The standard InChI is InChI=1S/C24H21N5OS/c1-25-21-10-4-3-9-20(21)24(26-2)28-18-12-14-19(15-13-18)31(30)29-22-11-5-7-17-8-6-16-27-23(17)22/h3-16,29H,1H2,2H3,(H,26,28). The van der Waals surface area contributed by atoms with E-state index in [4.69, 9.17) is 0 Å². The Morgan fingerprint density at radius 2 is 1.74 bits per heavy atom. The summed E-state index contributed by atoms with van der Waals surface area (Å²) in [5, 5.41) is 4.28. The minimum Gasteiger partial charge on any atom is -0.340 e.